The highest BCUT2D eigenvalue weighted by Gasteiger charge is 2.18. The maximum atomic E-state index is 12.7. The molecule has 0 saturated heterocycles. The number of carbonyl (C=O) groups excluding carboxylic acids is 2. The smallest absolute Gasteiger partial charge is 0.254 e. The van der Waals surface area contributed by atoms with E-state index < -0.39 is 0 Å². The summed E-state index contributed by atoms with van der Waals surface area (Å²) in [6, 6.07) is 7.65. The summed E-state index contributed by atoms with van der Waals surface area (Å²) in [5.74, 6) is -0.187. The number of nitrogens with zero attached hydrogens (tertiary/aromatic N) is 2. The van der Waals surface area contributed by atoms with Crippen LogP contribution in [-0.4, -0.2) is 49.4 Å². The molecule has 0 saturated carbocycles. The molecule has 0 spiro atoms. The van der Waals surface area contributed by atoms with Crippen LogP contribution in [0.2, 0.25) is 0 Å². The Morgan fingerprint density at radius 2 is 1.58 bits per heavy atom. The molecule has 0 aliphatic rings. The van der Waals surface area contributed by atoms with Gasteiger partial charge in [-0.05, 0) is 51.0 Å². The summed E-state index contributed by atoms with van der Waals surface area (Å²) in [7, 11) is 0. The highest BCUT2D eigenvalue weighted by molar-refractivity contribution is 5.96. The normalized spacial score (nSPS) is 10.3. The van der Waals surface area contributed by atoms with Gasteiger partial charge in [0.1, 0.15) is 0 Å². The second-order valence-electron chi connectivity index (χ2n) is 5.80. The van der Waals surface area contributed by atoms with Gasteiger partial charge in [0.25, 0.3) is 5.91 Å². The number of benzene rings is 1. The Morgan fingerprint density at radius 1 is 0.958 bits per heavy atom. The average molecular weight is 333 g/mol. The minimum absolute atomic E-state index is 0.0883. The number of hydrogen-bond acceptors (Lipinski definition) is 3. The molecule has 1 N–H and O–H groups in total. The molecule has 5 heteroatoms. The van der Waals surface area contributed by atoms with Gasteiger partial charge in [-0.25, -0.2) is 0 Å². The van der Waals surface area contributed by atoms with Crippen molar-refractivity contribution in [2.75, 3.05) is 37.6 Å². The van der Waals surface area contributed by atoms with Crippen LogP contribution in [0.15, 0.2) is 24.3 Å². The van der Waals surface area contributed by atoms with E-state index in [-0.39, 0.29) is 18.4 Å². The summed E-state index contributed by atoms with van der Waals surface area (Å²) in [5.41, 5.74) is 1.74. The first-order valence-electron chi connectivity index (χ1n) is 8.98. The van der Waals surface area contributed by atoms with Crippen molar-refractivity contribution in [1.82, 2.24) is 10.2 Å². The van der Waals surface area contributed by atoms with E-state index in [0.717, 1.165) is 31.6 Å². The van der Waals surface area contributed by atoms with Crippen LogP contribution in [0, 0.1) is 0 Å². The quantitative estimate of drug-likeness (QED) is 0.716. The van der Waals surface area contributed by atoms with Gasteiger partial charge in [-0.15, -0.1) is 0 Å². The van der Waals surface area contributed by atoms with E-state index in [4.69, 9.17) is 0 Å². The second-order valence-corrected chi connectivity index (χ2v) is 5.80. The molecular formula is C19H31N3O2. The number of anilines is 1. The van der Waals surface area contributed by atoms with E-state index in [9.17, 15) is 9.59 Å². The average Bonchev–Trinajstić information content (AvgIpc) is 2.60. The fourth-order valence-electron chi connectivity index (χ4n) is 2.60. The molecule has 0 heterocycles. The molecule has 134 valence electrons. The lowest BCUT2D eigenvalue weighted by atomic mass is 10.1. The van der Waals surface area contributed by atoms with Crippen LogP contribution in [0.3, 0.4) is 0 Å². The standard InChI is InChI=1S/C19H31N3O2/c1-5-13-20-18(23)15-22(14-6-2)19(24)16-9-11-17(12-10-16)21(7-3)8-4/h9-12H,5-8,13-15H2,1-4H3,(H,20,23). The predicted octanol–water partition coefficient (Wildman–Crippen LogP) is 2.91. The lowest BCUT2D eigenvalue weighted by Gasteiger charge is -2.23. The van der Waals surface area contributed by atoms with Crippen molar-refractivity contribution >= 4 is 17.5 Å². The molecule has 24 heavy (non-hydrogen) atoms. The van der Waals surface area contributed by atoms with Gasteiger partial charge in [0.15, 0.2) is 0 Å². The van der Waals surface area contributed by atoms with Crippen LogP contribution in [0.1, 0.15) is 50.9 Å². The minimum Gasteiger partial charge on any atom is -0.372 e. The molecule has 0 aliphatic heterocycles. The SMILES string of the molecule is CCCNC(=O)CN(CCC)C(=O)c1ccc(N(CC)CC)cc1. The zero-order valence-corrected chi connectivity index (χ0v) is 15.5. The Balaban J connectivity index is 2.81. The van der Waals surface area contributed by atoms with Crippen molar-refractivity contribution in [2.45, 2.75) is 40.5 Å². The van der Waals surface area contributed by atoms with Crippen LogP contribution in [0.5, 0.6) is 0 Å². The highest BCUT2D eigenvalue weighted by Crippen LogP contribution is 2.16. The number of rotatable bonds is 10. The van der Waals surface area contributed by atoms with Crippen molar-refractivity contribution in [2.24, 2.45) is 0 Å². The Bertz CT molecular complexity index is 510. The van der Waals surface area contributed by atoms with Gasteiger partial charge in [-0.1, -0.05) is 13.8 Å². The highest BCUT2D eigenvalue weighted by atomic mass is 16.2. The van der Waals surface area contributed by atoms with Gasteiger partial charge in [-0.2, -0.15) is 0 Å². The fourth-order valence-corrected chi connectivity index (χ4v) is 2.60. The molecule has 0 bridgehead atoms. The Kier molecular flexibility index (Phi) is 8.90. The summed E-state index contributed by atoms with van der Waals surface area (Å²) < 4.78 is 0. The number of carbonyl (C=O) groups is 2. The van der Waals surface area contributed by atoms with Gasteiger partial charge in [0.05, 0.1) is 6.54 Å². The molecule has 1 aromatic carbocycles. The van der Waals surface area contributed by atoms with Crippen molar-refractivity contribution in [3.05, 3.63) is 29.8 Å². The predicted molar refractivity (Wildman–Crippen MR) is 99.5 cm³/mol. The van der Waals surface area contributed by atoms with E-state index in [0.29, 0.717) is 18.7 Å². The number of hydrogen-bond donors (Lipinski definition) is 1. The second kappa shape index (κ2) is 10.7. The zero-order chi connectivity index (χ0) is 17.9. The van der Waals surface area contributed by atoms with Gasteiger partial charge in [0, 0.05) is 37.4 Å². The molecule has 1 aromatic rings. The van der Waals surface area contributed by atoms with E-state index in [1.807, 2.05) is 38.1 Å². The van der Waals surface area contributed by atoms with Gasteiger partial charge < -0.3 is 15.1 Å². The topological polar surface area (TPSA) is 52.7 Å². The Labute approximate surface area is 146 Å². The monoisotopic (exact) mass is 333 g/mol. The third-order valence-electron chi connectivity index (χ3n) is 3.93. The van der Waals surface area contributed by atoms with Crippen LogP contribution >= 0.6 is 0 Å². The maximum absolute atomic E-state index is 12.7. The van der Waals surface area contributed by atoms with Crippen LogP contribution in [0.25, 0.3) is 0 Å². The molecule has 0 aromatic heterocycles. The summed E-state index contributed by atoms with van der Waals surface area (Å²) in [5, 5.41) is 2.83. The molecule has 1 rings (SSSR count). The van der Waals surface area contributed by atoms with Crippen molar-refractivity contribution in [1.29, 1.82) is 0 Å². The molecule has 0 unspecified atom stereocenters. The van der Waals surface area contributed by atoms with Gasteiger partial charge in [0.2, 0.25) is 5.91 Å². The van der Waals surface area contributed by atoms with E-state index in [1.165, 1.54) is 0 Å². The third kappa shape index (κ3) is 5.87. The number of amides is 2. The van der Waals surface area contributed by atoms with Gasteiger partial charge in [-0.3, -0.25) is 9.59 Å². The summed E-state index contributed by atoms with van der Waals surface area (Å²) in [4.78, 5) is 28.5. The third-order valence-corrected chi connectivity index (χ3v) is 3.93. The summed E-state index contributed by atoms with van der Waals surface area (Å²) in [6.45, 7) is 11.4. The molecule has 0 aliphatic carbocycles. The van der Waals surface area contributed by atoms with Crippen LogP contribution in [0.4, 0.5) is 5.69 Å². The summed E-state index contributed by atoms with van der Waals surface area (Å²) in [6.07, 6.45) is 1.71. The van der Waals surface area contributed by atoms with Gasteiger partial charge >= 0.3 is 0 Å². The minimum atomic E-state index is -0.0987. The first-order valence-corrected chi connectivity index (χ1v) is 8.98. The Morgan fingerprint density at radius 3 is 2.08 bits per heavy atom. The molecule has 0 radical (unpaired) electrons. The molecule has 0 fully saturated rings. The first-order chi connectivity index (χ1) is 11.6. The van der Waals surface area contributed by atoms with Crippen molar-refractivity contribution in [3.63, 3.8) is 0 Å². The van der Waals surface area contributed by atoms with E-state index in [1.54, 1.807) is 4.90 Å². The molecule has 2 amide bonds. The van der Waals surface area contributed by atoms with Crippen molar-refractivity contribution < 1.29 is 9.59 Å². The Hall–Kier alpha value is -2.04. The van der Waals surface area contributed by atoms with E-state index >= 15 is 0 Å². The molecule has 0 atom stereocenters. The molecule has 5 nitrogen and oxygen atoms in total. The van der Waals surface area contributed by atoms with E-state index in [2.05, 4.69) is 24.1 Å². The van der Waals surface area contributed by atoms with Crippen LogP contribution < -0.4 is 10.2 Å². The van der Waals surface area contributed by atoms with Crippen molar-refractivity contribution in [3.8, 4) is 0 Å². The largest absolute Gasteiger partial charge is 0.372 e. The molecular weight excluding hydrogens is 302 g/mol. The first kappa shape index (κ1) is 20.0. The lowest BCUT2D eigenvalue weighted by molar-refractivity contribution is -0.121. The van der Waals surface area contributed by atoms with Crippen LogP contribution in [-0.2, 0) is 4.79 Å². The fraction of sp³-hybridized carbons (Fsp3) is 0.579. The number of nitrogens with one attached hydrogen (secondary N) is 1. The maximum Gasteiger partial charge on any atom is 0.254 e. The summed E-state index contributed by atoms with van der Waals surface area (Å²) >= 11 is 0. The zero-order valence-electron chi connectivity index (χ0n) is 15.5. The lowest BCUT2D eigenvalue weighted by Crippen LogP contribution is -2.41.